The lowest BCUT2D eigenvalue weighted by molar-refractivity contribution is -0.915. The lowest BCUT2D eigenvalue weighted by Crippen LogP contribution is -3.15. The van der Waals surface area contributed by atoms with Crippen LogP contribution in [0.1, 0.15) is 20.3 Å². The van der Waals surface area contributed by atoms with Gasteiger partial charge >= 0.3 is 0 Å². The van der Waals surface area contributed by atoms with E-state index in [1.165, 1.54) is 36.7 Å². The number of thioether (sulfide) groups is 1. The summed E-state index contributed by atoms with van der Waals surface area (Å²) in [6.45, 7) is 7.99. The summed E-state index contributed by atoms with van der Waals surface area (Å²) < 4.78 is 5.77. The maximum atomic E-state index is 5.77. The minimum Gasteiger partial charge on any atom is -0.364 e. The minimum absolute atomic E-state index is 0.422. The molecule has 0 bridgehead atoms. The van der Waals surface area contributed by atoms with Gasteiger partial charge in [-0.25, -0.2) is 0 Å². The molecular formula is C15H24NOS+. The van der Waals surface area contributed by atoms with Gasteiger partial charge in [0.2, 0.25) is 0 Å². The summed E-state index contributed by atoms with van der Waals surface area (Å²) in [7, 11) is 0. The lowest BCUT2D eigenvalue weighted by Gasteiger charge is -2.32. The fourth-order valence-corrected chi connectivity index (χ4v) is 3.50. The first-order valence-corrected chi connectivity index (χ1v) is 7.89. The van der Waals surface area contributed by atoms with Crippen molar-refractivity contribution >= 4 is 11.8 Å². The first-order chi connectivity index (χ1) is 8.74. The summed E-state index contributed by atoms with van der Waals surface area (Å²) in [5.74, 6) is 1.22. The van der Waals surface area contributed by atoms with Crippen LogP contribution in [0.5, 0.6) is 0 Å². The van der Waals surface area contributed by atoms with Crippen LogP contribution in [-0.2, 0) is 4.74 Å². The van der Waals surface area contributed by atoms with Crippen molar-refractivity contribution in [2.75, 3.05) is 25.4 Å². The molecule has 0 amide bonds. The summed E-state index contributed by atoms with van der Waals surface area (Å²) >= 11 is 1.97. The lowest BCUT2D eigenvalue weighted by atomic mass is 10.2. The average molecular weight is 266 g/mol. The molecule has 2 rings (SSSR count). The highest BCUT2D eigenvalue weighted by molar-refractivity contribution is 7.99. The molecule has 0 saturated carbocycles. The molecule has 0 spiro atoms. The highest BCUT2D eigenvalue weighted by Crippen LogP contribution is 2.17. The van der Waals surface area contributed by atoms with Crippen LogP contribution in [-0.4, -0.2) is 37.6 Å². The van der Waals surface area contributed by atoms with Crippen LogP contribution in [0.15, 0.2) is 35.2 Å². The standard InChI is InChI=1S/C15H23NOS/c1-13-11-16(12-14(2)17-13)9-6-10-18-15-7-4-3-5-8-15/h3-5,7-8,13-14H,6,9-12H2,1-2H3/p+1/t13-,14-/m0/s1. The fraction of sp³-hybridized carbons (Fsp3) is 0.600. The van der Waals surface area contributed by atoms with Crippen molar-refractivity contribution in [1.82, 2.24) is 0 Å². The quantitative estimate of drug-likeness (QED) is 0.646. The molecule has 1 N–H and O–H groups in total. The van der Waals surface area contributed by atoms with Gasteiger partial charge in [0.05, 0.1) is 6.54 Å². The summed E-state index contributed by atoms with van der Waals surface area (Å²) in [5.41, 5.74) is 0. The van der Waals surface area contributed by atoms with Crippen LogP contribution in [0.4, 0.5) is 0 Å². The Labute approximate surface area is 115 Å². The zero-order valence-electron chi connectivity index (χ0n) is 11.4. The van der Waals surface area contributed by atoms with Gasteiger partial charge in [0.25, 0.3) is 0 Å². The van der Waals surface area contributed by atoms with Crippen molar-refractivity contribution in [2.24, 2.45) is 0 Å². The smallest absolute Gasteiger partial charge is 0.104 e. The van der Waals surface area contributed by atoms with E-state index >= 15 is 0 Å². The molecule has 0 unspecified atom stereocenters. The van der Waals surface area contributed by atoms with Crippen molar-refractivity contribution < 1.29 is 9.64 Å². The molecule has 1 aromatic carbocycles. The molecular weight excluding hydrogens is 242 g/mol. The maximum Gasteiger partial charge on any atom is 0.104 e. The highest BCUT2D eigenvalue weighted by atomic mass is 32.2. The number of nitrogens with one attached hydrogen (secondary N) is 1. The van der Waals surface area contributed by atoms with E-state index in [0.717, 1.165) is 0 Å². The third kappa shape index (κ3) is 4.63. The Balaban J connectivity index is 1.63. The predicted octanol–water partition coefficient (Wildman–Crippen LogP) is 1.86. The molecule has 1 saturated heterocycles. The molecule has 1 heterocycles. The van der Waals surface area contributed by atoms with E-state index in [9.17, 15) is 0 Å². The number of morpholine rings is 1. The second-order valence-electron chi connectivity index (χ2n) is 5.18. The molecule has 2 nitrogen and oxygen atoms in total. The largest absolute Gasteiger partial charge is 0.364 e. The van der Waals surface area contributed by atoms with Crippen LogP contribution in [0.3, 0.4) is 0 Å². The zero-order chi connectivity index (χ0) is 12.8. The van der Waals surface area contributed by atoms with E-state index in [1.807, 2.05) is 11.8 Å². The van der Waals surface area contributed by atoms with Crippen molar-refractivity contribution in [3.63, 3.8) is 0 Å². The number of ether oxygens (including phenoxy) is 1. The Hall–Kier alpha value is -0.510. The first-order valence-electron chi connectivity index (χ1n) is 6.91. The fourth-order valence-electron chi connectivity index (χ4n) is 2.62. The molecule has 1 aliphatic rings. The van der Waals surface area contributed by atoms with Crippen molar-refractivity contribution in [3.05, 3.63) is 30.3 Å². The van der Waals surface area contributed by atoms with Crippen LogP contribution in [0, 0.1) is 0 Å². The average Bonchev–Trinajstić information content (AvgIpc) is 2.35. The Morgan fingerprint density at radius 2 is 1.83 bits per heavy atom. The highest BCUT2D eigenvalue weighted by Gasteiger charge is 2.24. The van der Waals surface area contributed by atoms with Gasteiger partial charge in [0.1, 0.15) is 25.3 Å². The van der Waals surface area contributed by atoms with Gasteiger partial charge in [-0.2, -0.15) is 0 Å². The summed E-state index contributed by atoms with van der Waals surface area (Å²) in [6, 6.07) is 10.7. The van der Waals surface area contributed by atoms with Crippen LogP contribution in [0.25, 0.3) is 0 Å². The van der Waals surface area contributed by atoms with E-state index in [-0.39, 0.29) is 0 Å². The third-order valence-corrected chi connectivity index (χ3v) is 4.40. The molecule has 18 heavy (non-hydrogen) atoms. The van der Waals surface area contributed by atoms with Gasteiger partial charge in [0, 0.05) is 17.1 Å². The van der Waals surface area contributed by atoms with Gasteiger partial charge in [-0.1, -0.05) is 18.2 Å². The Kier molecular flexibility index (Phi) is 5.54. The molecule has 2 atom stereocenters. The normalized spacial score (nSPS) is 28.2. The van der Waals surface area contributed by atoms with Crippen molar-refractivity contribution in [2.45, 2.75) is 37.4 Å². The van der Waals surface area contributed by atoms with E-state index in [4.69, 9.17) is 4.74 Å². The van der Waals surface area contributed by atoms with Crippen LogP contribution in [0.2, 0.25) is 0 Å². The second kappa shape index (κ2) is 7.17. The van der Waals surface area contributed by atoms with Gasteiger partial charge < -0.3 is 9.64 Å². The zero-order valence-corrected chi connectivity index (χ0v) is 12.2. The number of benzene rings is 1. The summed E-state index contributed by atoms with van der Waals surface area (Å²) in [4.78, 5) is 3.09. The monoisotopic (exact) mass is 266 g/mol. The molecule has 0 aromatic heterocycles. The van der Waals surface area contributed by atoms with Crippen molar-refractivity contribution in [1.29, 1.82) is 0 Å². The van der Waals surface area contributed by atoms with Gasteiger partial charge in [-0.3, -0.25) is 0 Å². The second-order valence-corrected chi connectivity index (χ2v) is 6.35. The number of quaternary nitrogens is 1. The van der Waals surface area contributed by atoms with Gasteiger partial charge in [-0.05, 0) is 26.0 Å². The van der Waals surface area contributed by atoms with Gasteiger partial charge in [-0.15, -0.1) is 11.8 Å². The topological polar surface area (TPSA) is 13.7 Å². The molecule has 1 aromatic rings. The Morgan fingerprint density at radius 1 is 1.17 bits per heavy atom. The predicted molar refractivity (Wildman–Crippen MR) is 77.4 cm³/mol. The SMILES string of the molecule is C[C@H]1C[NH+](CCCSc2ccccc2)C[C@H](C)O1. The number of rotatable bonds is 5. The third-order valence-electron chi connectivity index (χ3n) is 3.30. The molecule has 1 aliphatic heterocycles. The molecule has 3 heteroatoms. The Bertz CT molecular complexity index is 334. The van der Waals surface area contributed by atoms with E-state index in [0.29, 0.717) is 12.2 Å². The van der Waals surface area contributed by atoms with E-state index < -0.39 is 0 Å². The van der Waals surface area contributed by atoms with Crippen LogP contribution >= 0.6 is 11.8 Å². The minimum atomic E-state index is 0.422. The molecule has 0 aliphatic carbocycles. The summed E-state index contributed by atoms with van der Waals surface area (Å²) in [5, 5.41) is 0. The Morgan fingerprint density at radius 3 is 2.50 bits per heavy atom. The van der Waals surface area contributed by atoms with Crippen molar-refractivity contribution in [3.8, 4) is 0 Å². The number of hydrogen-bond donors (Lipinski definition) is 1. The number of hydrogen-bond acceptors (Lipinski definition) is 2. The molecule has 0 radical (unpaired) electrons. The first kappa shape index (κ1) is 13.9. The van der Waals surface area contributed by atoms with E-state index in [1.54, 1.807) is 4.90 Å². The van der Waals surface area contributed by atoms with Crippen LogP contribution < -0.4 is 4.90 Å². The van der Waals surface area contributed by atoms with Gasteiger partial charge in [0.15, 0.2) is 0 Å². The maximum absolute atomic E-state index is 5.77. The molecule has 1 fully saturated rings. The van der Waals surface area contributed by atoms with E-state index in [2.05, 4.69) is 44.2 Å². The summed E-state index contributed by atoms with van der Waals surface area (Å²) in [6.07, 6.45) is 2.13. The molecule has 100 valence electrons.